The first-order valence-corrected chi connectivity index (χ1v) is 5.69. The number of nitriles is 1. The summed E-state index contributed by atoms with van der Waals surface area (Å²) in [5.41, 5.74) is -0.586. The van der Waals surface area contributed by atoms with Crippen molar-refractivity contribution < 1.29 is 4.79 Å². The zero-order chi connectivity index (χ0) is 11.5. The summed E-state index contributed by atoms with van der Waals surface area (Å²) in [6.07, 6.45) is 3.69. The highest BCUT2D eigenvalue weighted by Gasteiger charge is 2.36. The fourth-order valence-corrected chi connectivity index (χ4v) is 2.40. The van der Waals surface area contributed by atoms with E-state index in [1.54, 1.807) is 0 Å². The van der Waals surface area contributed by atoms with Crippen LogP contribution in [-0.4, -0.2) is 11.4 Å². The number of carbonyl (C=O) groups is 1. The number of nitrogens with zero attached hydrogens (tertiary/aromatic N) is 1. The van der Waals surface area contributed by atoms with E-state index in [-0.39, 0.29) is 5.91 Å². The Bertz CT molecular complexity index is 270. The molecule has 1 aliphatic rings. The molecule has 0 radical (unpaired) electrons. The van der Waals surface area contributed by atoms with Gasteiger partial charge in [0.05, 0.1) is 6.07 Å². The molecule has 0 aromatic heterocycles. The predicted molar refractivity (Wildman–Crippen MR) is 59.0 cm³/mol. The maximum Gasteiger partial charge on any atom is 0.218 e. The van der Waals surface area contributed by atoms with Gasteiger partial charge in [0.25, 0.3) is 0 Å². The van der Waals surface area contributed by atoms with Gasteiger partial charge in [0.2, 0.25) is 5.91 Å². The number of hydrogen-bond acceptors (Lipinski definition) is 2. The van der Waals surface area contributed by atoms with Crippen molar-refractivity contribution in [3.05, 3.63) is 0 Å². The van der Waals surface area contributed by atoms with Gasteiger partial charge in [-0.15, -0.1) is 0 Å². The average molecular weight is 208 g/mol. The van der Waals surface area contributed by atoms with Crippen molar-refractivity contribution in [2.24, 2.45) is 11.8 Å². The maximum absolute atomic E-state index is 11.0. The number of amides is 1. The van der Waals surface area contributed by atoms with E-state index in [2.05, 4.69) is 25.2 Å². The summed E-state index contributed by atoms with van der Waals surface area (Å²) >= 11 is 0. The zero-order valence-electron chi connectivity index (χ0n) is 9.84. The van der Waals surface area contributed by atoms with Crippen LogP contribution < -0.4 is 5.32 Å². The molecule has 0 bridgehead atoms. The van der Waals surface area contributed by atoms with Gasteiger partial charge in [0, 0.05) is 6.92 Å². The summed E-state index contributed by atoms with van der Waals surface area (Å²) in [7, 11) is 0. The van der Waals surface area contributed by atoms with Crippen molar-refractivity contribution in [3.8, 4) is 6.07 Å². The minimum Gasteiger partial charge on any atom is -0.338 e. The van der Waals surface area contributed by atoms with Crippen LogP contribution in [0.5, 0.6) is 0 Å². The second-order valence-electron chi connectivity index (χ2n) is 4.96. The Kier molecular flexibility index (Phi) is 3.73. The van der Waals surface area contributed by atoms with E-state index >= 15 is 0 Å². The molecular weight excluding hydrogens is 188 g/mol. The van der Waals surface area contributed by atoms with Crippen LogP contribution in [0, 0.1) is 23.2 Å². The van der Waals surface area contributed by atoms with Crippen molar-refractivity contribution in [3.63, 3.8) is 0 Å². The van der Waals surface area contributed by atoms with Gasteiger partial charge in [-0.25, -0.2) is 0 Å². The van der Waals surface area contributed by atoms with Gasteiger partial charge in [-0.1, -0.05) is 13.8 Å². The maximum atomic E-state index is 11.0. The largest absolute Gasteiger partial charge is 0.338 e. The van der Waals surface area contributed by atoms with E-state index in [1.807, 2.05) is 0 Å². The Morgan fingerprint density at radius 2 is 2.00 bits per heavy atom. The zero-order valence-corrected chi connectivity index (χ0v) is 9.84. The van der Waals surface area contributed by atoms with E-state index in [9.17, 15) is 4.79 Å². The minimum absolute atomic E-state index is 0.0976. The number of rotatable bonds is 2. The van der Waals surface area contributed by atoms with Gasteiger partial charge in [-0.3, -0.25) is 4.79 Å². The lowest BCUT2D eigenvalue weighted by Gasteiger charge is -2.36. The SMILES string of the molecule is CC(=O)NC1(C#N)CCC(C(C)C)CC1. The van der Waals surface area contributed by atoms with Crippen LogP contribution in [0.4, 0.5) is 0 Å². The Morgan fingerprint density at radius 1 is 1.47 bits per heavy atom. The summed E-state index contributed by atoms with van der Waals surface area (Å²) in [6.45, 7) is 5.93. The third kappa shape index (κ3) is 2.95. The predicted octanol–water partition coefficient (Wildman–Crippen LogP) is 2.23. The molecule has 3 nitrogen and oxygen atoms in total. The molecule has 1 rings (SSSR count). The molecular formula is C12H20N2O. The van der Waals surface area contributed by atoms with Crippen molar-refractivity contribution >= 4 is 5.91 Å². The quantitative estimate of drug-likeness (QED) is 0.756. The Balaban J connectivity index is 2.59. The fourth-order valence-electron chi connectivity index (χ4n) is 2.40. The van der Waals surface area contributed by atoms with E-state index in [0.29, 0.717) is 11.8 Å². The highest BCUT2D eigenvalue weighted by molar-refractivity contribution is 5.74. The Labute approximate surface area is 91.9 Å². The molecule has 84 valence electrons. The molecule has 1 N–H and O–H groups in total. The van der Waals surface area contributed by atoms with Gasteiger partial charge in [-0.05, 0) is 37.5 Å². The van der Waals surface area contributed by atoms with Crippen molar-refractivity contribution in [1.29, 1.82) is 5.26 Å². The monoisotopic (exact) mass is 208 g/mol. The molecule has 0 aliphatic heterocycles. The molecule has 1 fully saturated rings. The van der Waals surface area contributed by atoms with Crippen LogP contribution in [-0.2, 0) is 4.79 Å². The van der Waals surface area contributed by atoms with Crippen LogP contribution in [0.3, 0.4) is 0 Å². The average Bonchev–Trinajstić information content (AvgIpc) is 2.17. The van der Waals surface area contributed by atoms with Crippen LogP contribution >= 0.6 is 0 Å². The Hall–Kier alpha value is -1.04. The summed E-state index contributed by atoms with van der Waals surface area (Å²) in [4.78, 5) is 11.0. The standard InChI is InChI=1S/C12H20N2O/c1-9(2)11-4-6-12(8-13,7-5-11)14-10(3)15/h9,11H,4-7H2,1-3H3,(H,14,15). The van der Waals surface area contributed by atoms with E-state index in [0.717, 1.165) is 25.7 Å². The highest BCUT2D eigenvalue weighted by Crippen LogP contribution is 2.35. The topological polar surface area (TPSA) is 52.9 Å². The van der Waals surface area contributed by atoms with Gasteiger partial charge in [-0.2, -0.15) is 5.26 Å². The molecule has 0 spiro atoms. The lowest BCUT2D eigenvalue weighted by molar-refractivity contribution is -0.120. The van der Waals surface area contributed by atoms with Crippen molar-refractivity contribution in [2.75, 3.05) is 0 Å². The molecule has 0 aromatic carbocycles. The summed E-state index contributed by atoms with van der Waals surface area (Å²) in [6, 6.07) is 2.28. The second-order valence-corrected chi connectivity index (χ2v) is 4.96. The fraction of sp³-hybridized carbons (Fsp3) is 0.833. The molecule has 0 saturated heterocycles. The number of hydrogen-bond donors (Lipinski definition) is 1. The third-order valence-corrected chi connectivity index (χ3v) is 3.46. The van der Waals surface area contributed by atoms with Crippen LogP contribution in [0.25, 0.3) is 0 Å². The molecule has 1 saturated carbocycles. The highest BCUT2D eigenvalue weighted by atomic mass is 16.1. The van der Waals surface area contributed by atoms with E-state index in [1.165, 1.54) is 6.92 Å². The first-order valence-electron chi connectivity index (χ1n) is 5.69. The number of carbonyl (C=O) groups excluding carboxylic acids is 1. The van der Waals surface area contributed by atoms with Crippen molar-refractivity contribution in [2.45, 2.75) is 52.0 Å². The van der Waals surface area contributed by atoms with Crippen LogP contribution in [0.1, 0.15) is 46.5 Å². The normalized spacial score (nSPS) is 31.0. The second kappa shape index (κ2) is 4.65. The van der Waals surface area contributed by atoms with E-state index < -0.39 is 5.54 Å². The Morgan fingerprint density at radius 3 is 2.33 bits per heavy atom. The molecule has 0 heterocycles. The van der Waals surface area contributed by atoms with Crippen LogP contribution in [0.2, 0.25) is 0 Å². The molecule has 0 atom stereocenters. The number of nitrogens with one attached hydrogen (secondary N) is 1. The minimum atomic E-state index is -0.586. The molecule has 0 aromatic rings. The first kappa shape index (κ1) is 12.0. The van der Waals surface area contributed by atoms with Gasteiger partial charge in [0.1, 0.15) is 5.54 Å². The van der Waals surface area contributed by atoms with E-state index in [4.69, 9.17) is 5.26 Å². The third-order valence-electron chi connectivity index (χ3n) is 3.46. The lowest BCUT2D eigenvalue weighted by atomic mass is 9.73. The van der Waals surface area contributed by atoms with Gasteiger partial charge in [0.15, 0.2) is 0 Å². The molecule has 1 amide bonds. The summed E-state index contributed by atoms with van der Waals surface area (Å²) in [5, 5.41) is 12.0. The molecule has 15 heavy (non-hydrogen) atoms. The molecule has 0 unspecified atom stereocenters. The smallest absolute Gasteiger partial charge is 0.218 e. The summed E-state index contributed by atoms with van der Waals surface area (Å²) in [5.74, 6) is 1.29. The van der Waals surface area contributed by atoms with Crippen LogP contribution in [0.15, 0.2) is 0 Å². The molecule has 1 aliphatic carbocycles. The van der Waals surface area contributed by atoms with Gasteiger partial charge < -0.3 is 5.32 Å². The first-order chi connectivity index (χ1) is 6.99. The van der Waals surface area contributed by atoms with Crippen molar-refractivity contribution in [1.82, 2.24) is 5.32 Å². The molecule has 3 heteroatoms. The lowest BCUT2D eigenvalue weighted by Crippen LogP contribution is -2.49. The summed E-state index contributed by atoms with van der Waals surface area (Å²) < 4.78 is 0. The van der Waals surface area contributed by atoms with Gasteiger partial charge >= 0.3 is 0 Å².